The van der Waals surface area contributed by atoms with Crippen molar-refractivity contribution in [3.05, 3.63) is 11.6 Å². The molecule has 0 radical (unpaired) electrons. The van der Waals surface area contributed by atoms with Gasteiger partial charge in [0, 0.05) is 55.9 Å². The first kappa shape index (κ1) is 15.8. The third-order valence-corrected chi connectivity index (χ3v) is 6.36. The summed E-state index contributed by atoms with van der Waals surface area (Å²) in [5.41, 5.74) is 0.263. The summed E-state index contributed by atoms with van der Waals surface area (Å²) in [5.74, 6) is 0. The minimum Gasteiger partial charge on any atom is -0.381 e. The summed E-state index contributed by atoms with van der Waals surface area (Å²) >= 11 is 1.74. The molecule has 4 heterocycles. The number of hydrogen-bond donors (Lipinski definition) is 0. The number of likely N-dealkylation sites (tertiary alicyclic amines) is 1. The molecule has 4 rings (SSSR count). The van der Waals surface area contributed by atoms with Crippen LogP contribution >= 0.6 is 11.3 Å². The first-order valence-electron chi connectivity index (χ1n) is 8.89. The third-order valence-electron chi connectivity index (χ3n) is 5.53. The van der Waals surface area contributed by atoms with E-state index in [1.807, 2.05) is 6.20 Å². The number of thiazole rings is 1. The van der Waals surface area contributed by atoms with Gasteiger partial charge < -0.3 is 14.4 Å². The minimum atomic E-state index is 0.263. The van der Waals surface area contributed by atoms with Gasteiger partial charge in [-0.2, -0.15) is 0 Å². The molecule has 6 heteroatoms. The van der Waals surface area contributed by atoms with Crippen LogP contribution in [-0.2, 0) is 9.47 Å². The van der Waals surface area contributed by atoms with Gasteiger partial charge in [0.15, 0.2) is 5.13 Å². The van der Waals surface area contributed by atoms with E-state index in [4.69, 9.17) is 9.47 Å². The topological polar surface area (TPSA) is 37.8 Å². The van der Waals surface area contributed by atoms with Gasteiger partial charge in [-0.15, -0.1) is 11.3 Å². The van der Waals surface area contributed by atoms with E-state index < -0.39 is 0 Å². The van der Waals surface area contributed by atoms with Crippen molar-refractivity contribution in [2.75, 3.05) is 57.5 Å². The molecule has 0 N–H and O–H groups in total. The molecule has 5 nitrogen and oxygen atoms in total. The fraction of sp³-hybridized carbons (Fsp3) is 0.824. The Kier molecular flexibility index (Phi) is 4.85. The zero-order valence-corrected chi connectivity index (χ0v) is 14.6. The van der Waals surface area contributed by atoms with Gasteiger partial charge in [-0.3, -0.25) is 4.90 Å². The summed E-state index contributed by atoms with van der Waals surface area (Å²) in [6.45, 7) is 8.02. The molecule has 1 aromatic rings. The van der Waals surface area contributed by atoms with Crippen LogP contribution in [0.1, 0.15) is 25.7 Å². The Hall–Kier alpha value is -0.690. The molecule has 3 aliphatic rings. The predicted octanol–water partition coefficient (Wildman–Crippen LogP) is 2.24. The lowest BCUT2D eigenvalue weighted by atomic mass is 9.79. The third kappa shape index (κ3) is 3.55. The smallest absolute Gasteiger partial charge is 0.185 e. The summed E-state index contributed by atoms with van der Waals surface area (Å²) in [5, 5.41) is 3.22. The van der Waals surface area contributed by atoms with Crippen molar-refractivity contribution in [1.29, 1.82) is 0 Å². The van der Waals surface area contributed by atoms with E-state index in [0.29, 0.717) is 6.04 Å². The van der Waals surface area contributed by atoms with Gasteiger partial charge in [-0.1, -0.05) is 0 Å². The van der Waals surface area contributed by atoms with E-state index in [1.165, 1.54) is 38.8 Å². The number of anilines is 1. The average Bonchev–Trinajstić information content (AvgIpc) is 3.06. The summed E-state index contributed by atoms with van der Waals surface area (Å²) in [6.07, 6.45) is 6.84. The Morgan fingerprint density at radius 2 is 2.04 bits per heavy atom. The Morgan fingerprint density at radius 3 is 2.87 bits per heavy atom. The van der Waals surface area contributed by atoms with E-state index in [2.05, 4.69) is 20.2 Å². The Balaban J connectivity index is 1.48. The van der Waals surface area contributed by atoms with Crippen LogP contribution in [0, 0.1) is 5.41 Å². The fourth-order valence-corrected chi connectivity index (χ4v) is 5.05. The molecular weight excluding hydrogens is 310 g/mol. The molecule has 0 amide bonds. The van der Waals surface area contributed by atoms with Gasteiger partial charge in [-0.25, -0.2) is 4.98 Å². The number of nitrogens with zero attached hydrogens (tertiary/aromatic N) is 3. The second-order valence-electron chi connectivity index (χ2n) is 7.21. The quantitative estimate of drug-likeness (QED) is 0.827. The van der Waals surface area contributed by atoms with Gasteiger partial charge in [0.05, 0.1) is 13.2 Å². The molecule has 23 heavy (non-hydrogen) atoms. The number of hydrogen-bond acceptors (Lipinski definition) is 6. The van der Waals surface area contributed by atoms with E-state index >= 15 is 0 Å². The van der Waals surface area contributed by atoms with Crippen LogP contribution in [0.25, 0.3) is 0 Å². The van der Waals surface area contributed by atoms with Gasteiger partial charge in [0.1, 0.15) is 0 Å². The SMILES string of the molecule is c1csc(N2CCOC[C@]3(CCCN(C4CCOCC4)C3)C2)n1. The highest BCUT2D eigenvalue weighted by Gasteiger charge is 2.41. The van der Waals surface area contributed by atoms with Crippen LogP contribution in [-0.4, -0.2) is 68.5 Å². The lowest BCUT2D eigenvalue weighted by Gasteiger charge is -2.47. The van der Waals surface area contributed by atoms with Crippen LogP contribution in [0.2, 0.25) is 0 Å². The van der Waals surface area contributed by atoms with Gasteiger partial charge >= 0.3 is 0 Å². The van der Waals surface area contributed by atoms with Gasteiger partial charge in [0.2, 0.25) is 0 Å². The maximum atomic E-state index is 6.04. The van der Waals surface area contributed by atoms with Crippen LogP contribution < -0.4 is 4.90 Å². The molecular formula is C17H27N3O2S. The lowest BCUT2D eigenvalue weighted by molar-refractivity contribution is -0.0283. The van der Waals surface area contributed by atoms with Crippen LogP contribution in [0.4, 0.5) is 5.13 Å². The molecule has 0 bridgehead atoms. The largest absolute Gasteiger partial charge is 0.381 e. The summed E-state index contributed by atoms with van der Waals surface area (Å²) in [7, 11) is 0. The van der Waals surface area contributed by atoms with E-state index in [0.717, 1.165) is 44.6 Å². The predicted molar refractivity (Wildman–Crippen MR) is 92.2 cm³/mol. The minimum absolute atomic E-state index is 0.263. The van der Waals surface area contributed by atoms with E-state index in [-0.39, 0.29) is 5.41 Å². The maximum absolute atomic E-state index is 6.04. The molecule has 1 atom stereocenters. The standard InChI is InChI=1S/C17H27N3O2S/c1-4-17(12-19(6-1)15-2-8-21-9-3-15)13-20(7-10-22-14-17)16-18-5-11-23-16/h5,11,15H,1-4,6-10,12-14H2/t17-/m0/s1. The van der Waals surface area contributed by atoms with Crippen molar-refractivity contribution < 1.29 is 9.47 Å². The fourth-order valence-electron chi connectivity index (χ4n) is 4.38. The normalized spacial score (nSPS) is 31.4. The summed E-state index contributed by atoms with van der Waals surface area (Å²) < 4.78 is 11.6. The van der Waals surface area contributed by atoms with Crippen LogP contribution in [0.3, 0.4) is 0 Å². The molecule has 0 unspecified atom stereocenters. The molecule has 128 valence electrons. The van der Waals surface area contributed by atoms with Crippen molar-refractivity contribution in [3.8, 4) is 0 Å². The van der Waals surface area contributed by atoms with Crippen molar-refractivity contribution in [2.45, 2.75) is 31.7 Å². The second-order valence-corrected chi connectivity index (χ2v) is 8.08. The highest BCUT2D eigenvalue weighted by Crippen LogP contribution is 2.36. The first-order chi connectivity index (χ1) is 11.3. The van der Waals surface area contributed by atoms with Crippen LogP contribution in [0.15, 0.2) is 11.6 Å². The van der Waals surface area contributed by atoms with E-state index in [1.54, 1.807) is 11.3 Å². The molecule has 3 fully saturated rings. The van der Waals surface area contributed by atoms with Crippen molar-refractivity contribution in [3.63, 3.8) is 0 Å². The average molecular weight is 337 g/mol. The number of piperidine rings is 1. The second kappa shape index (κ2) is 7.05. The Bertz CT molecular complexity index is 492. The first-order valence-corrected chi connectivity index (χ1v) is 9.77. The molecule has 0 aliphatic carbocycles. The lowest BCUT2D eigenvalue weighted by Crippen LogP contribution is -2.54. The van der Waals surface area contributed by atoms with Crippen molar-refractivity contribution >= 4 is 16.5 Å². The molecule has 0 aromatic carbocycles. The highest BCUT2D eigenvalue weighted by molar-refractivity contribution is 7.13. The van der Waals surface area contributed by atoms with Crippen molar-refractivity contribution in [1.82, 2.24) is 9.88 Å². The summed E-state index contributed by atoms with van der Waals surface area (Å²) in [4.78, 5) is 9.70. The Morgan fingerprint density at radius 1 is 1.13 bits per heavy atom. The monoisotopic (exact) mass is 337 g/mol. The zero-order valence-electron chi connectivity index (χ0n) is 13.8. The van der Waals surface area contributed by atoms with Crippen molar-refractivity contribution in [2.24, 2.45) is 5.41 Å². The number of aromatic nitrogens is 1. The molecule has 1 spiro atoms. The molecule has 1 aromatic heterocycles. The molecule has 3 aliphatic heterocycles. The van der Waals surface area contributed by atoms with Gasteiger partial charge in [-0.05, 0) is 32.2 Å². The van der Waals surface area contributed by atoms with E-state index in [9.17, 15) is 0 Å². The van der Waals surface area contributed by atoms with Crippen LogP contribution in [0.5, 0.6) is 0 Å². The Labute approximate surface area is 142 Å². The van der Waals surface area contributed by atoms with Gasteiger partial charge in [0.25, 0.3) is 0 Å². The number of ether oxygens (including phenoxy) is 2. The zero-order chi connectivity index (χ0) is 15.5. The summed E-state index contributed by atoms with van der Waals surface area (Å²) in [6, 6.07) is 0.706. The molecule has 0 saturated carbocycles. The highest BCUT2D eigenvalue weighted by atomic mass is 32.1. The number of rotatable bonds is 2. The molecule has 3 saturated heterocycles. The maximum Gasteiger partial charge on any atom is 0.185 e.